The van der Waals surface area contributed by atoms with Crippen molar-refractivity contribution < 1.29 is 14.3 Å². The largest absolute Gasteiger partial charge is 0.492 e. The predicted octanol–water partition coefficient (Wildman–Crippen LogP) is 5.74. The van der Waals surface area contributed by atoms with Crippen LogP contribution in [0.1, 0.15) is 41.5 Å². The predicted molar refractivity (Wildman–Crippen MR) is 160 cm³/mol. The number of hydrogen-bond donors (Lipinski definition) is 0. The molecule has 3 aromatic carbocycles. The van der Waals surface area contributed by atoms with E-state index in [4.69, 9.17) is 4.74 Å². The van der Waals surface area contributed by atoms with Crippen molar-refractivity contribution in [2.75, 3.05) is 50.8 Å². The lowest BCUT2D eigenvalue weighted by atomic mass is 9.95. The zero-order chi connectivity index (χ0) is 28.1. The lowest BCUT2D eigenvalue weighted by molar-refractivity contribution is 0.0746. The van der Waals surface area contributed by atoms with Gasteiger partial charge in [0.15, 0.2) is 0 Å². The third kappa shape index (κ3) is 5.50. The maximum atomic E-state index is 13.7. The van der Waals surface area contributed by atoms with Gasteiger partial charge in [0.05, 0.1) is 12.8 Å². The van der Waals surface area contributed by atoms with Crippen LogP contribution in [-0.4, -0.2) is 72.5 Å². The van der Waals surface area contributed by atoms with Gasteiger partial charge in [0.1, 0.15) is 5.75 Å². The van der Waals surface area contributed by atoms with E-state index in [1.807, 2.05) is 97.4 Å². The number of ether oxygens (including phenoxy) is 1. The van der Waals surface area contributed by atoms with Gasteiger partial charge in [-0.05, 0) is 73.5 Å². The summed E-state index contributed by atoms with van der Waals surface area (Å²) in [4.78, 5) is 36.7. The molecule has 206 valence electrons. The van der Waals surface area contributed by atoms with E-state index < -0.39 is 0 Å². The van der Waals surface area contributed by atoms with Gasteiger partial charge < -0.3 is 19.4 Å². The molecule has 1 saturated heterocycles. The molecule has 7 heteroatoms. The van der Waals surface area contributed by atoms with Gasteiger partial charge in [0.25, 0.3) is 11.8 Å². The minimum atomic E-state index is 0.0451. The summed E-state index contributed by atoms with van der Waals surface area (Å²) in [6.07, 6.45) is 3.55. The highest BCUT2D eigenvalue weighted by Gasteiger charge is 2.24. The summed E-state index contributed by atoms with van der Waals surface area (Å²) in [5.41, 5.74) is 4.47. The smallest absolute Gasteiger partial charge is 0.254 e. The summed E-state index contributed by atoms with van der Waals surface area (Å²) in [7, 11) is 0. The molecular weight excluding hydrogens is 500 g/mol. The Hall–Kier alpha value is -4.39. The van der Waals surface area contributed by atoms with E-state index in [1.54, 1.807) is 6.20 Å². The average Bonchev–Trinajstić information content (AvgIpc) is 3.01. The highest BCUT2D eigenvalue weighted by molar-refractivity contribution is 6.11. The second kappa shape index (κ2) is 12.2. The molecule has 4 aromatic rings. The number of amides is 2. The highest BCUT2D eigenvalue weighted by Crippen LogP contribution is 2.33. The van der Waals surface area contributed by atoms with Crippen molar-refractivity contribution >= 4 is 28.3 Å². The summed E-state index contributed by atoms with van der Waals surface area (Å²) in [6.45, 7) is 10.7. The lowest BCUT2D eigenvalue weighted by Crippen LogP contribution is -2.48. The Morgan fingerprint density at radius 3 is 2.23 bits per heavy atom. The molecule has 0 N–H and O–H groups in total. The first-order chi connectivity index (χ1) is 19.5. The van der Waals surface area contributed by atoms with Crippen LogP contribution in [0.15, 0.2) is 79.1 Å². The third-order valence-electron chi connectivity index (χ3n) is 7.59. The van der Waals surface area contributed by atoms with Crippen LogP contribution < -0.4 is 9.64 Å². The molecule has 5 rings (SSSR count). The molecule has 0 bridgehead atoms. The average molecular weight is 537 g/mol. The van der Waals surface area contributed by atoms with Crippen LogP contribution in [0.2, 0.25) is 0 Å². The number of nitrogens with zero attached hydrogens (tertiary/aromatic N) is 4. The summed E-state index contributed by atoms with van der Waals surface area (Å²) < 4.78 is 5.65. The van der Waals surface area contributed by atoms with Gasteiger partial charge >= 0.3 is 0 Å². The Bertz CT molecular complexity index is 1490. The lowest BCUT2D eigenvalue weighted by Gasteiger charge is -2.36. The van der Waals surface area contributed by atoms with Crippen LogP contribution in [-0.2, 0) is 0 Å². The molecule has 1 fully saturated rings. The number of fused-ring (bicyclic) bond motifs is 1. The van der Waals surface area contributed by atoms with Crippen LogP contribution in [0, 0.1) is 0 Å². The van der Waals surface area contributed by atoms with Gasteiger partial charge in [0, 0.05) is 67.8 Å². The fourth-order valence-corrected chi connectivity index (χ4v) is 5.40. The third-order valence-corrected chi connectivity index (χ3v) is 7.59. The second-order valence-electron chi connectivity index (χ2n) is 9.85. The van der Waals surface area contributed by atoms with Crippen LogP contribution in [0.5, 0.6) is 5.75 Å². The first kappa shape index (κ1) is 27.2. The van der Waals surface area contributed by atoms with E-state index in [9.17, 15) is 9.59 Å². The number of carbonyl (C=O) groups is 2. The number of carbonyl (C=O) groups excluding carboxylic acids is 2. The van der Waals surface area contributed by atoms with Crippen molar-refractivity contribution in [2.45, 2.75) is 20.8 Å². The van der Waals surface area contributed by atoms with Crippen LogP contribution >= 0.6 is 0 Å². The van der Waals surface area contributed by atoms with Crippen molar-refractivity contribution in [3.63, 3.8) is 0 Å². The van der Waals surface area contributed by atoms with E-state index in [2.05, 4.69) is 16.0 Å². The Balaban J connectivity index is 1.31. The Morgan fingerprint density at radius 2 is 1.55 bits per heavy atom. The number of piperazine rings is 1. The zero-order valence-corrected chi connectivity index (χ0v) is 23.5. The molecule has 0 unspecified atom stereocenters. The molecule has 1 aliphatic rings. The molecule has 7 nitrogen and oxygen atoms in total. The van der Waals surface area contributed by atoms with E-state index in [0.717, 1.165) is 46.4 Å². The zero-order valence-electron chi connectivity index (χ0n) is 23.5. The topological polar surface area (TPSA) is 66.0 Å². The SMILES string of the molecule is CCOc1cncc(-c2ccc(C(=O)N3CCN(c4ccc(C(=O)N(CC)CC)cc4)CC3)c3ccccc23)c1. The van der Waals surface area contributed by atoms with E-state index in [0.29, 0.717) is 43.9 Å². The first-order valence-corrected chi connectivity index (χ1v) is 14.1. The number of anilines is 1. The number of hydrogen-bond acceptors (Lipinski definition) is 5. The van der Waals surface area contributed by atoms with Crippen molar-refractivity contribution in [1.29, 1.82) is 0 Å². The Morgan fingerprint density at radius 1 is 0.850 bits per heavy atom. The molecule has 0 saturated carbocycles. The van der Waals surface area contributed by atoms with Crippen molar-refractivity contribution in [3.8, 4) is 16.9 Å². The van der Waals surface area contributed by atoms with Crippen LogP contribution in [0.4, 0.5) is 5.69 Å². The minimum Gasteiger partial charge on any atom is -0.492 e. The Labute approximate surface area is 236 Å². The quantitative estimate of drug-likeness (QED) is 0.287. The highest BCUT2D eigenvalue weighted by atomic mass is 16.5. The van der Waals surface area contributed by atoms with Crippen LogP contribution in [0.25, 0.3) is 21.9 Å². The molecule has 0 atom stereocenters. The van der Waals surface area contributed by atoms with Gasteiger partial charge in [-0.15, -0.1) is 0 Å². The van der Waals surface area contributed by atoms with Crippen LogP contribution in [0.3, 0.4) is 0 Å². The maximum Gasteiger partial charge on any atom is 0.254 e. The Kier molecular flexibility index (Phi) is 8.29. The minimum absolute atomic E-state index is 0.0451. The van der Waals surface area contributed by atoms with Crippen molar-refractivity contribution in [1.82, 2.24) is 14.8 Å². The summed E-state index contributed by atoms with van der Waals surface area (Å²) in [6, 6.07) is 21.8. The maximum absolute atomic E-state index is 13.7. The summed E-state index contributed by atoms with van der Waals surface area (Å²) in [5.74, 6) is 0.833. The normalized spacial score (nSPS) is 13.4. The summed E-state index contributed by atoms with van der Waals surface area (Å²) in [5, 5.41) is 1.95. The number of pyridine rings is 1. The molecule has 1 aliphatic heterocycles. The van der Waals surface area contributed by atoms with E-state index in [1.165, 1.54) is 0 Å². The molecular formula is C33H36N4O3. The van der Waals surface area contributed by atoms with Gasteiger partial charge in [-0.3, -0.25) is 14.6 Å². The molecule has 40 heavy (non-hydrogen) atoms. The molecule has 0 spiro atoms. The monoisotopic (exact) mass is 536 g/mol. The molecule has 2 heterocycles. The van der Waals surface area contributed by atoms with Gasteiger partial charge in [0.2, 0.25) is 0 Å². The fraction of sp³-hybridized carbons (Fsp3) is 0.303. The van der Waals surface area contributed by atoms with Gasteiger partial charge in [-0.2, -0.15) is 0 Å². The van der Waals surface area contributed by atoms with Crippen molar-refractivity contribution in [3.05, 3.63) is 90.3 Å². The number of aromatic nitrogens is 1. The molecule has 0 aliphatic carbocycles. The number of benzene rings is 3. The summed E-state index contributed by atoms with van der Waals surface area (Å²) >= 11 is 0. The van der Waals surface area contributed by atoms with E-state index in [-0.39, 0.29) is 11.8 Å². The van der Waals surface area contributed by atoms with Crippen molar-refractivity contribution in [2.24, 2.45) is 0 Å². The standard InChI is InChI=1S/C33H36N4O3/c1-4-35(5-2)32(38)24-11-13-26(14-12-24)36-17-19-37(20-18-36)33(39)31-16-15-28(29-9-7-8-10-30(29)31)25-21-27(40-6-3)23-34-22-25/h7-16,21-23H,4-6,17-20H2,1-3H3. The molecule has 1 aromatic heterocycles. The first-order valence-electron chi connectivity index (χ1n) is 14.1. The van der Waals surface area contributed by atoms with E-state index >= 15 is 0 Å². The van der Waals surface area contributed by atoms with Gasteiger partial charge in [-0.25, -0.2) is 0 Å². The molecule has 2 amide bonds. The molecule has 0 radical (unpaired) electrons. The second-order valence-corrected chi connectivity index (χ2v) is 9.85. The number of rotatable bonds is 8. The van der Waals surface area contributed by atoms with Gasteiger partial charge in [-0.1, -0.05) is 30.3 Å². The fourth-order valence-electron chi connectivity index (χ4n) is 5.40.